The van der Waals surface area contributed by atoms with E-state index in [0.717, 1.165) is 18.8 Å². The molecule has 0 atom stereocenters. The molecule has 1 aromatic rings. The lowest BCUT2D eigenvalue weighted by atomic mass is 10.0. The van der Waals surface area contributed by atoms with Gasteiger partial charge in [0.1, 0.15) is 12.4 Å². The van der Waals surface area contributed by atoms with Gasteiger partial charge in [0.25, 0.3) is 0 Å². The first-order chi connectivity index (χ1) is 9.00. The summed E-state index contributed by atoms with van der Waals surface area (Å²) in [5.74, 6) is 2.22. The highest BCUT2D eigenvalue weighted by Crippen LogP contribution is 2.24. The summed E-state index contributed by atoms with van der Waals surface area (Å²) in [5, 5.41) is 0. The van der Waals surface area contributed by atoms with E-state index in [1.807, 2.05) is 0 Å². The minimum Gasteiger partial charge on any atom is -0.491 e. The molecule has 0 spiro atoms. The lowest BCUT2D eigenvalue weighted by molar-refractivity contribution is 0.0923. The average molecular weight is 264 g/mol. The molecule has 19 heavy (non-hydrogen) atoms. The molecule has 0 saturated heterocycles. The highest BCUT2D eigenvalue weighted by atomic mass is 16.5. The Hall–Kier alpha value is -1.02. The van der Waals surface area contributed by atoms with Crippen LogP contribution in [0.5, 0.6) is 5.75 Å². The molecule has 0 aliphatic carbocycles. The van der Waals surface area contributed by atoms with Crippen LogP contribution in [-0.2, 0) is 4.74 Å². The second-order valence-electron chi connectivity index (χ2n) is 5.82. The quantitative estimate of drug-likeness (QED) is 0.641. The highest BCUT2D eigenvalue weighted by molar-refractivity contribution is 5.37. The number of hydrogen-bond acceptors (Lipinski definition) is 2. The fourth-order valence-electron chi connectivity index (χ4n) is 1.76. The first-order valence-corrected chi connectivity index (χ1v) is 7.31. The molecule has 0 bridgehead atoms. The molecular weight excluding hydrogens is 236 g/mol. The Morgan fingerprint density at radius 3 is 2.37 bits per heavy atom. The Labute approximate surface area is 118 Å². The second-order valence-corrected chi connectivity index (χ2v) is 5.82. The van der Waals surface area contributed by atoms with E-state index in [1.54, 1.807) is 0 Å². The summed E-state index contributed by atoms with van der Waals surface area (Å²) in [7, 11) is 0. The second kappa shape index (κ2) is 8.21. The summed E-state index contributed by atoms with van der Waals surface area (Å²) in [6.45, 7) is 13.0. The molecule has 0 aliphatic heterocycles. The van der Waals surface area contributed by atoms with Crippen molar-refractivity contribution in [1.82, 2.24) is 0 Å². The first-order valence-electron chi connectivity index (χ1n) is 7.31. The Balaban J connectivity index is 2.34. The van der Waals surface area contributed by atoms with Crippen LogP contribution in [0.25, 0.3) is 0 Å². The van der Waals surface area contributed by atoms with E-state index in [4.69, 9.17) is 9.47 Å². The van der Waals surface area contributed by atoms with Crippen LogP contribution in [0, 0.1) is 12.8 Å². The van der Waals surface area contributed by atoms with Crippen LogP contribution in [0.15, 0.2) is 18.2 Å². The third kappa shape index (κ3) is 6.11. The molecule has 2 nitrogen and oxygen atoms in total. The summed E-state index contributed by atoms with van der Waals surface area (Å²) in [6.07, 6.45) is 1.11. The van der Waals surface area contributed by atoms with Gasteiger partial charge in [0, 0.05) is 6.61 Å². The maximum atomic E-state index is 5.81. The van der Waals surface area contributed by atoms with Crippen molar-refractivity contribution in [2.45, 2.75) is 47.0 Å². The predicted molar refractivity (Wildman–Crippen MR) is 81.0 cm³/mol. The van der Waals surface area contributed by atoms with Crippen molar-refractivity contribution in [2.24, 2.45) is 5.92 Å². The van der Waals surface area contributed by atoms with Gasteiger partial charge in [0.15, 0.2) is 0 Å². The number of benzene rings is 1. The molecule has 0 unspecified atom stereocenters. The maximum Gasteiger partial charge on any atom is 0.122 e. The van der Waals surface area contributed by atoms with Gasteiger partial charge in [-0.1, -0.05) is 39.8 Å². The van der Waals surface area contributed by atoms with Crippen LogP contribution < -0.4 is 4.74 Å². The summed E-state index contributed by atoms with van der Waals surface area (Å²) in [4.78, 5) is 0. The molecule has 2 heteroatoms. The normalized spacial score (nSPS) is 11.3. The Morgan fingerprint density at radius 1 is 1.00 bits per heavy atom. The lowest BCUT2D eigenvalue weighted by Gasteiger charge is -2.13. The van der Waals surface area contributed by atoms with Crippen molar-refractivity contribution in [3.63, 3.8) is 0 Å². The van der Waals surface area contributed by atoms with Crippen molar-refractivity contribution in [3.05, 3.63) is 29.3 Å². The molecule has 0 radical (unpaired) electrons. The molecule has 0 heterocycles. The van der Waals surface area contributed by atoms with E-state index in [9.17, 15) is 0 Å². The maximum absolute atomic E-state index is 5.81. The molecule has 1 rings (SSSR count). The third-order valence-electron chi connectivity index (χ3n) is 3.20. The number of aryl methyl sites for hydroxylation is 1. The number of hydrogen-bond donors (Lipinski definition) is 0. The van der Waals surface area contributed by atoms with E-state index in [2.05, 4.69) is 52.8 Å². The lowest BCUT2D eigenvalue weighted by Crippen LogP contribution is -2.09. The van der Waals surface area contributed by atoms with Gasteiger partial charge in [-0.25, -0.2) is 0 Å². The van der Waals surface area contributed by atoms with E-state index < -0.39 is 0 Å². The van der Waals surface area contributed by atoms with Gasteiger partial charge in [-0.05, 0) is 42.4 Å². The molecule has 0 saturated carbocycles. The number of ether oxygens (including phenoxy) is 2. The van der Waals surface area contributed by atoms with Crippen molar-refractivity contribution in [2.75, 3.05) is 19.8 Å². The van der Waals surface area contributed by atoms with E-state index in [1.165, 1.54) is 11.1 Å². The molecule has 108 valence electrons. The van der Waals surface area contributed by atoms with Gasteiger partial charge >= 0.3 is 0 Å². The van der Waals surface area contributed by atoms with Crippen molar-refractivity contribution in [1.29, 1.82) is 0 Å². The predicted octanol–water partition coefficient (Wildman–Crippen LogP) is 4.56. The smallest absolute Gasteiger partial charge is 0.122 e. The van der Waals surface area contributed by atoms with Crippen LogP contribution in [-0.4, -0.2) is 19.8 Å². The Morgan fingerprint density at radius 2 is 1.74 bits per heavy atom. The monoisotopic (exact) mass is 264 g/mol. The topological polar surface area (TPSA) is 18.5 Å². The van der Waals surface area contributed by atoms with E-state index in [-0.39, 0.29) is 0 Å². The summed E-state index contributed by atoms with van der Waals surface area (Å²) in [6, 6.07) is 6.45. The van der Waals surface area contributed by atoms with Crippen LogP contribution >= 0.6 is 0 Å². The molecular formula is C17H28O2. The zero-order valence-electron chi connectivity index (χ0n) is 13.0. The molecule has 0 N–H and O–H groups in total. The van der Waals surface area contributed by atoms with Gasteiger partial charge < -0.3 is 9.47 Å². The van der Waals surface area contributed by atoms with Crippen molar-refractivity contribution >= 4 is 0 Å². The third-order valence-corrected chi connectivity index (χ3v) is 3.20. The fourth-order valence-corrected chi connectivity index (χ4v) is 1.76. The van der Waals surface area contributed by atoms with Crippen LogP contribution in [0.2, 0.25) is 0 Å². The SMILES string of the molecule is Cc1ccc(C(C)C)cc1OCCOCCC(C)C. The van der Waals surface area contributed by atoms with Crippen LogP contribution in [0.4, 0.5) is 0 Å². The van der Waals surface area contributed by atoms with Crippen LogP contribution in [0.1, 0.15) is 51.2 Å². The molecule has 0 fully saturated rings. The molecule has 0 aliphatic rings. The van der Waals surface area contributed by atoms with Gasteiger partial charge in [-0.2, -0.15) is 0 Å². The minimum absolute atomic E-state index is 0.533. The van der Waals surface area contributed by atoms with Gasteiger partial charge in [0.05, 0.1) is 6.61 Å². The van der Waals surface area contributed by atoms with Crippen LogP contribution in [0.3, 0.4) is 0 Å². The van der Waals surface area contributed by atoms with Crippen molar-refractivity contribution in [3.8, 4) is 5.75 Å². The Kier molecular flexibility index (Phi) is 6.93. The standard InChI is InChI=1S/C17H28O2/c1-13(2)8-9-18-10-11-19-17-12-16(14(3)4)7-6-15(17)5/h6-7,12-14H,8-11H2,1-5H3. The fraction of sp³-hybridized carbons (Fsp3) is 0.647. The van der Waals surface area contributed by atoms with Gasteiger partial charge in [0.2, 0.25) is 0 Å². The molecule has 0 amide bonds. The largest absolute Gasteiger partial charge is 0.491 e. The van der Waals surface area contributed by atoms with E-state index >= 15 is 0 Å². The zero-order chi connectivity index (χ0) is 14.3. The summed E-state index contributed by atoms with van der Waals surface area (Å²) in [5.41, 5.74) is 2.51. The van der Waals surface area contributed by atoms with E-state index in [0.29, 0.717) is 25.0 Å². The van der Waals surface area contributed by atoms with Gasteiger partial charge in [-0.3, -0.25) is 0 Å². The summed E-state index contributed by atoms with van der Waals surface area (Å²) < 4.78 is 11.4. The summed E-state index contributed by atoms with van der Waals surface area (Å²) >= 11 is 0. The minimum atomic E-state index is 0.533. The average Bonchev–Trinajstić information content (AvgIpc) is 2.34. The molecule has 1 aromatic carbocycles. The molecule has 0 aromatic heterocycles. The van der Waals surface area contributed by atoms with Gasteiger partial charge in [-0.15, -0.1) is 0 Å². The van der Waals surface area contributed by atoms with Crippen molar-refractivity contribution < 1.29 is 9.47 Å². The Bertz CT molecular complexity index is 370. The zero-order valence-corrected chi connectivity index (χ0v) is 13.0. The highest BCUT2D eigenvalue weighted by Gasteiger charge is 2.04. The number of rotatable bonds is 8. The first kappa shape index (κ1) is 16.0.